The van der Waals surface area contributed by atoms with Gasteiger partial charge in [0.2, 0.25) is 0 Å². The summed E-state index contributed by atoms with van der Waals surface area (Å²) in [6.45, 7) is 8.56. The third kappa shape index (κ3) is 3.04. The minimum absolute atomic E-state index is 0.00303. The number of amides is 1. The maximum atomic E-state index is 11.9. The fourth-order valence-corrected chi connectivity index (χ4v) is 2.93. The zero-order valence-corrected chi connectivity index (χ0v) is 11.2. The van der Waals surface area contributed by atoms with Gasteiger partial charge in [0.15, 0.2) is 0 Å². The van der Waals surface area contributed by atoms with Crippen molar-refractivity contribution in [2.45, 2.75) is 57.7 Å². The Morgan fingerprint density at radius 3 is 2.39 bits per heavy atom. The second kappa shape index (κ2) is 4.31. The molecular weight excluding hydrogens is 232 g/mol. The molecule has 0 aliphatic carbocycles. The van der Waals surface area contributed by atoms with Crippen LogP contribution in [0.2, 0.25) is 0 Å². The van der Waals surface area contributed by atoms with Crippen molar-refractivity contribution in [1.29, 1.82) is 0 Å². The molecule has 0 bridgehead atoms. The fraction of sp³-hybridized carbons (Fsp3) is 0.818. The van der Waals surface area contributed by atoms with Crippen LogP contribution in [0.3, 0.4) is 0 Å². The highest BCUT2D eigenvalue weighted by molar-refractivity contribution is 5.90. The number of aromatic nitrogens is 4. The van der Waals surface area contributed by atoms with E-state index in [4.69, 9.17) is 0 Å². The lowest BCUT2D eigenvalue weighted by Crippen LogP contribution is -2.62. The molecule has 3 N–H and O–H groups in total. The van der Waals surface area contributed by atoms with Gasteiger partial charge in [0.25, 0.3) is 11.7 Å². The first-order valence-corrected chi connectivity index (χ1v) is 6.11. The number of tetrazole rings is 1. The van der Waals surface area contributed by atoms with Gasteiger partial charge >= 0.3 is 0 Å². The van der Waals surface area contributed by atoms with Gasteiger partial charge in [-0.05, 0) is 45.7 Å². The van der Waals surface area contributed by atoms with Crippen LogP contribution in [0, 0.1) is 0 Å². The Morgan fingerprint density at radius 2 is 1.89 bits per heavy atom. The summed E-state index contributed by atoms with van der Waals surface area (Å²) in [5.41, 5.74) is -0.00605. The molecule has 0 radical (unpaired) electrons. The molecule has 1 aliphatic heterocycles. The first kappa shape index (κ1) is 12.9. The summed E-state index contributed by atoms with van der Waals surface area (Å²) in [4.78, 5) is 11.9. The average molecular weight is 252 g/mol. The van der Waals surface area contributed by atoms with E-state index in [-0.39, 0.29) is 28.9 Å². The molecule has 1 aromatic rings. The summed E-state index contributed by atoms with van der Waals surface area (Å²) in [6.07, 6.45) is 1.75. The number of piperidine rings is 1. The second-order valence-electron chi connectivity index (χ2n) is 6.21. The number of carbonyl (C=O) groups excluding carboxylic acids is 1. The maximum Gasteiger partial charge on any atom is 0.293 e. The number of H-pyrrole nitrogens is 1. The SMILES string of the molecule is CC1(C)CC(NC(=O)c2nn[nH]n2)CC(C)(C)N1. The highest BCUT2D eigenvalue weighted by Gasteiger charge is 2.38. The number of nitrogens with one attached hydrogen (secondary N) is 3. The number of hydrogen-bond donors (Lipinski definition) is 3. The second-order valence-corrected chi connectivity index (χ2v) is 6.21. The van der Waals surface area contributed by atoms with E-state index in [2.05, 4.69) is 59.0 Å². The lowest BCUT2D eigenvalue weighted by atomic mass is 9.79. The van der Waals surface area contributed by atoms with Crippen LogP contribution in [-0.4, -0.2) is 43.7 Å². The molecule has 7 heteroatoms. The van der Waals surface area contributed by atoms with E-state index in [0.717, 1.165) is 12.8 Å². The number of nitrogens with zero attached hydrogens (tertiary/aromatic N) is 3. The zero-order chi connectivity index (χ0) is 13.4. The third-order valence-electron chi connectivity index (χ3n) is 3.07. The lowest BCUT2D eigenvalue weighted by Gasteiger charge is -2.46. The van der Waals surface area contributed by atoms with Crippen molar-refractivity contribution < 1.29 is 4.79 Å². The van der Waals surface area contributed by atoms with Crippen LogP contribution in [0.5, 0.6) is 0 Å². The van der Waals surface area contributed by atoms with Gasteiger partial charge in [-0.2, -0.15) is 5.21 Å². The van der Waals surface area contributed by atoms with Crippen LogP contribution in [0.4, 0.5) is 0 Å². The molecule has 0 spiro atoms. The highest BCUT2D eigenvalue weighted by atomic mass is 16.2. The smallest absolute Gasteiger partial charge is 0.293 e. The van der Waals surface area contributed by atoms with Crippen LogP contribution in [0.15, 0.2) is 0 Å². The molecule has 1 saturated heterocycles. The van der Waals surface area contributed by atoms with Crippen molar-refractivity contribution in [2.75, 3.05) is 0 Å². The summed E-state index contributed by atoms with van der Waals surface area (Å²) in [7, 11) is 0. The third-order valence-corrected chi connectivity index (χ3v) is 3.07. The number of rotatable bonds is 2. The summed E-state index contributed by atoms with van der Waals surface area (Å²) < 4.78 is 0. The van der Waals surface area contributed by atoms with E-state index in [1.54, 1.807) is 0 Å². The van der Waals surface area contributed by atoms with Crippen LogP contribution >= 0.6 is 0 Å². The Labute approximate surface area is 106 Å². The van der Waals surface area contributed by atoms with Gasteiger partial charge in [-0.3, -0.25) is 4.79 Å². The van der Waals surface area contributed by atoms with Crippen LogP contribution in [-0.2, 0) is 0 Å². The minimum atomic E-state index is -0.276. The van der Waals surface area contributed by atoms with Crippen molar-refractivity contribution in [3.63, 3.8) is 0 Å². The highest BCUT2D eigenvalue weighted by Crippen LogP contribution is 2.28. The van der Waals surface area contributed by atoms with Crippen molar-refractivity contribution in [3.05, 3.63) is 5.82 Å². The van der Waals surface area contributed by atoms with Gasteiger partial charge in [0.05, 0.1) is 0 Å². The molecule has 7 nitrogen and oxygen atoms in total. The van der Waals surface area contributed by atoms with E-state index in [1.165, 1.54) is 0 Å². The number of aromatic amines is 1. The van der Waals surface area contributed by atoms with Crippen LogP contribution < -0.4 is 10.6 Å². The summed E-state index contributed by atoms with van der Waals surface area (Å²) in [6, 6.07) is 0.113. The fourth-order valence-electron chi connectivity index (χ4n) is 2.93. The van der Waals surface area contributed by atoms with E-state index in [9.17, 15) is 4.79 Å². The van der Waals surface area contributed by atoms with Gasteiger partial charge in [-0.15, -0.1) is 10.2 Å². The van der Waals surface area contributed by atoms with Crippen molar-refractivity contribution in [3.8, 4) is 0 Å². The maximum absolute atomic E-state index is 11.9. The molecule has 2 heterocycles. The summed E-state index contributed by atoms with van der Waals surface area (Å²) in [5.74, 6) is -0.189. The molecule has 1 fully saturated rings. The molecule has 0 aromatic carbocycles. The molecule has 1 aliphatic rings. The molecule has 100 valence electrons. The van der Waals surface area contributed by atoms with E-state index < -0.39 is 0 Å². The zero-order valence-electron chi connectivity index (χ0n) is 11.2. The van der Waals surface area contributed by atoms with Gasteiger partial charge in [0.1, 0.15) is 0 Å². The summed E-state index contributed by atoms with van der Waals surface area (Å²) >= 11 is 0. The Hall–Kier alpha value is -1.50. The lowest BCUT2D eigenvalue weighted by molar-refractivity contribution is 0.0863. The predicted octanol–water partition coefficient (Wildman–Crippen LogP) is 0.239. The van der Waals surface area contributed by atoms with Crippen molar-refractivity contribution in [2.24, 2.45) is 0 Å². The number of carbonyl (C=O) groups is 1. The van der Waals surface area contributed by atoms with Gasteiger partial charge in [-0.1, -0.05) is 0 Å². The standard InChI is InChI=1S/C11H20N6O/c1-10(2)5-7(6-11(3,4)15-10)12-9(18)8-13-16-17-14-8/h7,15H,5-6H2,1-4H3,(H,12,18)(H,13,14,16,17). The number of hydrogen-bond acceptors (Lipinski definition) is 5. The van der Waals surface area contributed by atoms with E-state index in [0.29, 0.717) is 0 Å². The normalized spacial score (nSPS) is 22.7. The Morgan fingerprint density at radius 1 is 1.28 bits per heavy atom. The summed E-state index contributed by atoms with van der Waals surface area (Å²) in [5, 5.41) is 19.6. The molecule has 0 atom stereocenters. The molecule has 0 unspecified atom stereocenters. The molecule has 1 amide bonds. The van der Waals surface area contributed by atoms with Gasteiger partial charge in [-0.25, -0.2) is 0 Å². The van der Waals surface area contributed by atoms with Crippen molar-refractivity contribution in [1.82, 2.24) is 31.3 Å². The molecule has 2 rings (SSSR count). The average Bonchev–Trinajstić information content (AvgIpc) is 2.63. The van der Waals surface area contributed by atoms with E-state index in [1.807, 2.05) is 0 Å². The monoisotopic (exact) mass is 252 g/mol. The first-order chi connectivity index (χ1) is 8.27. The topological polar surface area (TPSA) is 95.6 Å². The Balaban J connectivity index is 2.03. The van der Waals surface area contributed by atoms with Gasteiger partial charge in [0, 0.05) is 17.1 Å². The quantitative estimate of drug-likeness (QED) is 0.700. The Kier molecular flexibility index (Phi) is 3.10. The first-order valence-electron chi connectivity index (χ1n) is 6.11. The van der Waals surface area contributed by atoms with Gasteiger partial charge < -0.3 is 10.6 Å². The van der Waals surface area contributed by atoms with Crippen LogP contribution in [0.25, 0.3) is 0 Å². The molecule has 18 heavy (non-hydrogen) atoms. The largest absolute Gasteiger partial charge is 0.346 e. The predicted molar refractivity (Wildman–Crippen MR) is 66.0 cm³/mol. The van der Waals surface area contributed by atoms with Crippen LogP contribution in [0.1, 0.15) is 51.2 Å². The molecule has 1 aromatic heterocycles. The van der Waals surface area contributed by atoms with E-state index >= 15 is 0 Å². The molecular formula is C11H20N6O. The molecule has 0 saturated carbocycles. The van der Waals surface area contributed by atoms with Crippen molar-refractivity contribution >= 4 is 5.91 Å². The minimum Gasteiger partial charge on any atom is -0.346 e. The Bertz CT molecular complexity index is 409.